The van der Waals surface area contributed by atoms with Crippen molar-refractivity contribution in [2.75, 3.05) is 20.3 Å². The third-order valence-corrected chi connectivity index (χ3v) is 8.77. The summed E-state index contributed by atoms with van der Waals surface area (Å²) in [4.78, 5) is 13.8. The van der Waals surface area contributed by atoms with Crippen LogP contribution in [-0.4, -0.2) is 26.3 Å². The standard InChI is InChI=1S/C36H54O3/c1-4-6-7-8-9-10-11-12-13-14-15-16-17-18-23-30(5-2)28-39-35(37)36(29-38-3)33-26-21-19-24-31(33)32-25-20-22-27-34(32)36/h19-22,24-27,30H,4-18,23,28-29H2,1-3H3. The van der Waals surface area contributed by atoms with Gasteiger partial charge < -0.3 is 9.47 Å². The van der Waals surface area contributed by atoms with Crippen LogP contribution in [0.1, 0.15) is 128 Å². The summed E-state index contributed by atoms with van der Waals surface area (Å²) in [5.74, 6) is 0.235. The van der Waals surface area contributed by atoms with Crippen LogP contribution in [0.3, 0.4) is 0 Å². The van der Waals surface area contributed by atoms with Gasteiger partial charge >= 0.3 is 5.97 Å². The lowest BCUT2D eigenvalue weighted by Gasteiger charge is -2.29. The van der Waals surface area contributed by atoms with Gasteiger partial charge in [0, 0.05) is 7.11 Å². The van der Waals surface area contributed by atoms with Gasteiger partial charge in [-0.15, -0.1) is 0 Å². The zero-order chi connectivity index (χ0) is 27.8. The van der Waals surface area contributed by atoms with Gasteiger partial charge in [-0.05, 0) is 34.6 Å². The Morgan fingerprint density at radius 3 is 1.62 bits per heavy atom. The number of methoxy groups -OCH3 is 1. The summed E-state index contributed by atoms with van der Waals surface area (Å²) in [5.41, 5.74) is 3.32. The number of hydrogen-bond acceptors (Lipinski definition) is 3. The molecule has 0 bridgehead atoms. The van der Waals surface area contributed by atoms with Crippen LogP contribution in [0.25, 0.3) is 11.1 Å². The molecule has 3 rings (SSSR count). The van der Waals surface area contributed by atoms with Crippen LogP contribution in [-0.2, 0) is 19.7 Å². The molecule has 2 aromatic carbocycles. The van der Waals surface area contributed by atoms with Gasteiger partial charge in [-0.25, -0.2) is 0 Å². The van der Waals surface area contributed by atoms with Gasteiger partial charge in [0.25, 0.3) is 0 Å². The highest BCUT2D eigenvalue weighted by molar-refractivity contribution is 5.98. The van der Waals surface area contributed by atoms with E-state index in [-0.39, 0.29) is 12.6 Å². The highest BCUT2D eigenvalue weighted by atomic mass is 16.5. The van der Waals surface area contributed by atoms with E-state index in [9.17, 15) is 4.79 Å². The molecular weight excluding hydrogens is 480 g/mol. The van der Waals surface area contributed by atoms with Gasteiger partial charge in [0.2, 0.25) is 0 Å². The molecule has 0 amide bonds. The van der Waals surface area contributed by atoms with E-state index in [0.29, 0.717) is 12.5 Å². The molecule has 1 unspecified atom stereocenters. The second-order valence-electron chi connectivity index (χ2n) is 11.7. The number of carbonyl (C=O) groups is 1. The molecule has 0 saturated heterocycles. The largest absolute Gasteiger partial charge is 0.464 e. The molecule has 0 spiro atoms. The van der Waals surface area contributed by atoms with Crippen molar-refractivity contribution < 1.29 is 14.3 Å². The maximum Gasteiger partial charge on any atom is 0.323 e. The van der Waals surface area contributed by atoms with Gasteiger partial charge in [-0.3, -0.25) is 4.79 Å². The van der Waals surface area contributed by atoms with Crippen molar-refractivity contribution in [2.24, 2.45) is 5.92 Å². The van der Waals surface area contributed by atoms with E-state index in [1.165, 1.54) is 89.9 Å². The molecule has 0 aliphatic heterocycles. The Balaban J connectivity index is 1.37. The number of fused-ring (bicyclic) bond motifs is 3. The molecule has 3 nitrogen and oxygen atoms in total. The minimum atomic E-state index is -0.894. The molecule has 1 aliphatic carbocycles. The quantitative estimate of drug-likeness (QED) is 0.118. The SMILES string of the molecule is CCCCCCCCCCCCCCCCC(CC)COC(=O)C1(COC)c2ccccc2-c2ccccc21. The van der Waals surface area contributed by atoms with E-state index >= 15 is 0 Å². The monoisotopic (exact) mass is 534 g/mol. The molecule has 0 saturated carbocycles. The summed E-state index contributed by atoms with van der Waals surface area (Å²) in [7, 11) is 1.67. The summed E-state index contributed by atoms with van der Waals surface area (Å²) in [6.07, 6.45) is 21.5. The average Bonchev–Trinajstić information content (AvgIpc) is 3.25. The third kappa shape index (κ3) is 8.68. The van der Waals surface area contributed by atoms with Crippen LogP contribution < -0.4 is 0 Å². The summed E-state index contributed by atoms with van der Waals surface area (Å²) >= 11 is 0. The maximum absolute atomic E-state index is 13.8. The first-order chi connectivity index (χ1) is 19.2. The fourth-order valence-electron chi connectivity index (χ4n) is 6.33. The van der Waals surface area contributed by atoms with Gasteiger partial charge in [0.1, 0.15) is 5.41 Å². The second-order valence-corrected chi connectivity index (χ2v) is 11.7. The van der Waals surface area contributed by atoms with Crippen molar-refractivity contribution in [2.45, 2.75) is 122 Å². The first-order valence-corrected chi connectivity index (χ1v) is 16.0. The fraction of sp³-hybridized carbons (Fsp3) is 0.639. The topological polar surface area (TPSA) is 35.5 Å². The number of carbonyl (C=O) groups excluding carboxylic acids is 1. The van der Waals surface area contributed by atoms with Crippen LogP contribution in [0.15, 0.2) is 48.5 Å². The fourth-order valence-corrected chi connectivity index (χ4v) is 6.33. The number of rotatable bonds is 21. The zero-order valence-corrected chi connectivity index (χ0v) is 25.1. The molecule has 0 fully saturated rings. The predicted octanol–water partition coefficient (Wildman–Crippen LogP) is 10.0. The van der Waals surface area contributed by atoms with Gasteiger partial charge in [0.05, 0.1) is 13.2 Å². The predicted molar refractivity (Wildman–Crippen MR) is 164 cm³/mol. The number of ether oxygens (including phenoxy) is 2. The van der Waals surface area contributed by atoms with Crippen LogP contribution in [0.5, 0.6) is 0 Å². The Morgan fingerprint density at radius 2 is 1.15 bits per heavy atom. The van der Waals surface area contributed by atoms with Crippen molar-refractivity contribution in [1.82, 2.24) is 0 Å². The van der Waals surface area contributed by atoms with Gasteiger partial charge in [-0.1, -0.05) is 159 Å². The lowest BCUT2D eigenvalue weighted by atomic mass is 9.79. The highest BCUT2D eigenvalue weighted by Crippen LogP contribution is 2.49. The summed E-state index contributed by atoms with van der Waals surface area (Å²) < 4.78 is 11.8. The van der Waals surface area contributed by atoms with Crippen LogP contribution in [0, 0.1) is 5.92 Å². The molecule has 0 heterocycles. The van der Waals surface area contributed by atoms with Crippen molar-refractivity contribution in [3.05, 3.63) is 59.7 Å². The summed E-state index contributed by atoms with van der Waals surface area (Å²) in [6, 6.07) is 16.4. The lowest BCUT2D eigenvalue weighted by Crippen LogP contribution is -2.41. The molecule has 1 atom stereocenters. The van der Waals surface area contributed by atoms with Crippen LogP contribution in [0.4, 0.5) is 0 Å². The Bertz CT molecular complexity index is 920. The van der Waals surface area contributed by atoms with Crippen molar-refractivity contribution >= 4 is 5.97 Å². The van der Waals surface area contributed by atoms with E-state index in [0.717, 1.165) is 35.1 Å². The van der Waals surface area contributed by atoms with Crippen molar-refractivity contribution in [3.8, 4) is 11.1 Å². The van der Waals surface area contributed by atoms with E-state index in [1.54, 1.807) is 7.11 Å². The van der Waals surface area contributed by atoms with E-state index < -0.39 is 5.41 Å². The molecule has 3 heteroatoms. The Hall–Kier alpha value is -2.13. The van der Waals surface area contributed by atoms with Gasteiger partial charge in [-0.2, -0.15) is 0 Å². The molecule has 0 aromatic heterocycles. The molecule has 0 N–H and O–H groups in total. The normalized spacial score (nSPS) is 14.1. The average molecular weight is 535 g/mol. The second kappa shape index (κ2) is 17.5. The molecular formula is C36H54O3. The smallest absolute Gasteiger partial charge is 0.323 e. The Kier molecular flexibility index (Phi) is 14.1. The zero-order valence-electron chi connectivity index (χ0n) is 25.1. The van der Waals surface area contributed by atoms with Gasteiger partial charge in [0.15, 0.2) is 0 Å². The summed E-state index contributed by atoms with van der Waals surface area (Å²) in [6.45, 7) is 5.28. The Labute approximate surface area is 239 Å². The molecule has 1 aliphatic rings. The number of esters is 1. The minimum absolute atomic E-state index is 0.179. The van der Waals surface area contributed by atoms with Crippen LogP contribution >= 0.6 is 0 Å². The first-order valence-electron chi connectivity index (χ1n) is 16.0. The van der Waals surface area contributed by atoms with E-state index in [4.69, 9.17) is 9.47 Å². The van der Waals surface area contributed by atoms with E-state index in [2.05, 4.69) is 38.1 Å². The molecule has 0 radical (unpaired) electrons. The number of unbranched alkanes of at least 4 members (excludes halogenated alkanes) is 13. The summed E-state index contributed by atoms with van der Waals surface area (Å²) in [5, 5.41) is 0. The molecule has 2 aromatic rings. The van der Waals surface area contributed by atoms with Crippen molar-refractivity contribution in [1.29, 1.82) is 0 Å². The first kappa shape index (κ1) is 31.4. The Morgan fingerprint density at radius 1 is 0.692 bits per heavy atom. The highest BCUT2D eigenvalue weighted by Gasteiger charge is 2.50. The number of hydrogen-bond donors (Lipinski definition) is 0. The maximum atomic E-state index is 13.8. The minimum Gasteiger partial charge on any atom is -0.464 e. The van der Waals surface area contributed by atoms with Crippen LogP contribution in [0.2, 0.25) is 0 Å². The molecule has 39 heavy (non-hydrogen) atoms. The lowest BCUT2D eigenvalue weighted by molar-refractivity contribution is -0.152. The number of benzene rings is 2. The van der Waals surface area contributed by atoms with E-state index in [1.807, 2.05) is 24.3 Å². The molecule has 216 valence electrons. The third-order valence-electron chi connectivity index (χ3n) is 8.77. The van der Waals surface area contributed by atoms with Crippen molar-refractivity contribution in [3.63, 3.8) is 0 Å².